The molecule has 0 atom stereocenters. The normalized spacial score (nSPS) is 17.9. The Morgan fingerprint density at radius 3 is 2.65 bits per heavy atom. The van der Waals surface area contributed by atoms with Gasteiger partial charge >= 0.3 is 0 Å². The highest BCUT2D eigenvalue weighted by molar-refractivity contribution is 6.32. The predicted octanol–water partition coefficient (Wildman–Crippen LogP) is 3.03. The molecule has 1 aliphatic carbocycles. The first-order chi connectivity index (χ1) is 9.56. The van der Waals surface area contributed by atoms with Gasteiger partial charge in [0.15, 0.2) is 0 Å². The van der Waals surface area contributed by atoms with Gasteiger partial charge in [-0.05, 0) is 24.5 Å². The van der Waals surface area contributed by atoms with Crippen LogP contribution < -0.4 is 5.32 Å². The fourth-order valence-corrected chi connectivity index (χ4v) is 2.90. The Labute approximate surface area is 123 Å². The van der Waals surface area contributed by atoms with Crippen molar-refractivity contribution in [2.45, 2.75) is 44.2 Å². The van der Waals surface area contributed by atoms with Crippen molar-refractivity contribution in [2.24, 2.45) is 0 Å². The maximum Gasteiger partial charge on any atom is 0.288 e. The number of hydrogen-bond acceptors (Lipinski definition) is 4. The van der Waals surface area contributed by atoms with E-state index >= 15 is 0 Å². The van der Waals surface area contributed by atoms with E-state index in [9.17, 15) is 15.2 Å². The highest BCUT2D eigenvalue weighted by Crippen LogP contribution is 2.29. The first kappa shape index (κ1) is 15.2. The molecule has 1 fully saturated rings. The van der Waals surface area contributed by atoms with Crippen molar-refractivity contribution in [3.63, 3.8) is 0 Å². The first-order valence-corrected chi connectivity index (χ1v) is 7.23. The smallest absolute Gasteiger partial charge is 0.288 e. The topological polar surface area (TPSA) is 75.4 Å². The van der Waals surface area contributed by atoms with Crippen molar-refractivity contribution in [3.05, 3.63) is 38.9 Å². The second-order valence-electron chi connectivity index (χ2n) is 5.40. The van der Waals surface area contributed by atoms with Crippen molar-refractivity contribution >= 4 is 17.3 Å². The molecule has 0 aromatic heterocycles. The number of halogens is 1. The van der Waals surface area contributed by atoms with Gasteiger partial charge in [0.2, 0.25) is 0 Å². The Morgan fingerprint density at radius 1 is 1.35 bits per heavy atom. The Balaban J connectivity index is 2.06. The average molecular weight is 299 g/mol. The fourth-order valence-electron chi connectivity index (χ4n) is 2.72. The zero-order valence-electron chi connectivity index (χ0n) is 11.3. The molecule has 0 saturated heterocycles. The Hall–Kier alpha value is -1.17. The Bertz CT molecular complexity index is 487. The molecular weight excluding hydrogens is 280 g/mol. The molecule has 0 aliphatic heterocycles. The summed E-state index contributed by atoms with van der Waals surface area (Å²) < 4.78 is 0. The predicted molar refractivity (Wildman–Crippen MR) is 77.8 cm³/mol. The molecule has 1 aromatic carbocycles. The summed E-state index contributed by atoms with van der Waals surface area (Å²) in [7, 11) is 0. The molecule has 0 heterocycles. The zero-order chi connectivity index (χ0) is 14.6. The number of hydrogen-bond donors (Lipinski definition) is 2. The number of rotatable bonds is 5. The van der Waals surface area contributed by atoms with E-state index < -0.39 is 4.92 Å². The molecule has 1 aliphatic rings. The van der Waals surface area contributed by atoms with Crippen LogP contribution in [0.3, 0.4) is 0 Å². The monoisotopic (exact) mass is 298 g/mol. The van der Waals surface area contributed by atoms with E-state index in [1.54, 1.807) is 12.1 Å². The fraction of sp³-hybridized carbons (Fsp3) is 0.571. The molecule has 0 spiro atoms. The van der Waals surface area contributed by atoms with Gasteiger partial charge in [-0.1, -0.05) is 36.9 Å². The number of nitrogens with one attached hydrogen (secondary N) is 1. The lowest BCUT2D eigenvalue weighted by Crippen LogP contribution is -2.49. The second-order valence-corrected chi connectivity index (χ2v) is 5.80. The lowest BCUT2D eigenvalue weighted by Gasteiger charge is -2.36. The molecule has 1 aromatic rings. The van der Waals surface area contributed by atoms with Crippen LogP contribution in [0, 0.1) is 10.1 Å². The molecular formula is C14H19ClN2O3. The van der Waals surface area contributed by atoms with E-state index in [2.05, 4.69) is 5.32 Å². The van der Waals surface area contributed by atoms with E-state index in [0.29, 0.717) is 6.54 Å². The van der Waals surface area contributed by atoms with Crippen LogP contribution in [0.25, 0.3) is 0 Å². The number of nitro benzene ring substituents is 1. The van der Waals surface area contributed by atoms with Crippen LogP contribution in [0.1, 0.15) is 37.7 Å². The van der Waals surface area contributed by atoms with Crippen molar-refractivity contribution in [1.29, 1.82) is 0 Å². The van der Waals surface area contributed by atoms with Crippen molar-refractivity contribution in [3.8, 4) is 0 Å². The van der Waals surface area contributed by atoms with Crippen molar-refractivity contribution < 1.29 is 10.0 Å². The van der Waals surface area contributed by atoms with E-state index in [1.165, 1.54) is 12.5 Å². The van der Waals surface area contributed by atoms with Crippen LogP contribution in [0.15, 0.2) is 18.2 Å². The Morgan fingerprint density at radius 2 is 2.05 bits per heavy atom. The minimum absolute atomic E-state index is 0.0762. The lowest BCUT2D eigenvalue weighted by atomic mass is 9.82. The van der Waals surface area contributed by atoms with Gasteiger partial charge in [-0.15, -0.1) is 0 Å². The summed E-state index contributed by atoms with van der Waals surface area (Å²) >= 11 is 5.79. The summed E-state index contributed by atoms with van der Waals surface area (Å²) in [4.78, 5) is 10.4. The largest absolute Gasteiger partial charge is 0.394 e. The van der Waals surface area contributed by atoms with Crippen LogP contribution in [-0.4, -0.2) is 22.2 Å². The standard InChI is InChI=1S/C14H19ClN2O3/c15-12-5-4-11(8-13(12)17(19)20)9-16-14(10-18)6-2-1-3-7-14/h4-5,8,16,18H,1-3,6-7,9-10H2. The minimum Gasteiger partial charge on any atom is -0.394 e. The number of aliphatic hydroxyl groups is 1. The molecule has 0 bridgehead atoms. The van der Waals surface area contributed by atoms with Crippen molar-refractivity contribution in [1.82, 2.24) is 5.32 Å². The minimum atomic E-state index is -0.478. The lowest BCUT2D eigenvalue weighted by molar-refractivity contribution is -0.384. The van der Waals surface area contributed by atoms with E-state index in [-0.39, 0.29) is 22.9 Å². The molecule has 20 heavy (non-hydrogen) atoms. The maximum atomic E-state index is 10.9. The third kappa shape index (κ3) is 3.48. The Kier molecular flexibility index (Phi) is 4.96. The molecule has 0 amide bonds. The average Bonchev–Trinajstić information content (AvgIpc) is 2.47. The summed E-state index contributed by atoms with van der Waals surface area (Å²) in [5, 5.41) is 24.0. The van der Waals surface area contributed by atoms with Gasteiger partial charge in [-0.3, -0.25) is 10.1 Å². The van der Waals surface area contributed by atoms with Crippen LogP contribution in [-0.2, 0) is 6.54 Å². The summed E-state index contributed by atoms with van der Waals surface area (Å²) in [5.41, 5.74) is 0.485. The summed E-state index contributed by atoms with van der Waals surface area (Å²) in [6.45, 7) is 0.598. The molecule has 2 N–H and O–H groups in total. The summed E-state index contributed by atoms with van der Waals surface area (Å²) in [6, 6.07) is 4.81. The zero-order valence-corrected chi connectivity index (χ0v) is 12.0. The second kappa shape index (κ2) is 6.52. The highest BCUT2D eigenvalue weighted by Gasteiger charge is 2.30. The van der Waals surface area contributed by atoms with E-state index in [1.807, 2.05) is 0 Å². The molecule has 0 unspecified atom stereocenters. The van der Waals surface area contributed by atoms with Gasteiger partial charge in [0.25, 0.3) is 5.69 Å². The number of nitro groups is 1. The van der Waals surface area contributed by atoms with Gasteiger partial charge in [0.05, 0.1) is 11.5 Å². The van der Waals surface area contributed by atoms with Crippen molar-refractivity contribution in [2.75, 3.05) is 6.61 Å². The van der Waals surface area contributed by atoms with Gasteiger partial charge in [-0.2, -0.15) is 0 Å². The highest BCUT2D eigenvalue weighted by atomic mass is 35.5. The molecule has 1 saturated carbocycles. The third-order valence-electron chi connectivity index (χ3n) is 3.99. The molecule has 5 nitrogen and oxygen atoms in total. The van der Waals surface area contributed by atoms with Crippen LogP contribution >= 0.6 is 11.6 Å². The summed E-state index contributed by atoms with van der Waals surface area (Å²) in [6.07, 6.45) is 5.30. The maximum absolute atomic E-state index is 10.9. The van der Waals surface area contributed by atoms with E-state index in [0.717, 1.165) is 31.2 Å². The molecule has 0 radical (unpaired) electrons. The molecule has 6 heteroatoms. The SMILES string of the molecule is O=[N+]([O-])c1cc(CNC2(CO)CCCCC2)ccc1Cl. The number of aliphatic hydroxyl groups excluding tert-OH is 1. The van der Waals surface area contributed by atoms with Gasteiger partial charge in [0, 0.05) is 18.2 Å². The summed E-state index contributed by atoms with van der Waals surface area (Å²) in [5.74, 6) is 0. The quantitative estimate of drug-likeness (QED) is 0.647. The first-order valence-electron chi connectivity index (χ1n) is 6.85. The molecule has 2 rings (SSSR count). The van der Waals surface area contributed by atoms with Crippen LogP contribution in [0.4, 0.5) is 5.69 Å². The van der Waals surface area contributed by atoms with Gasteiger partial charge < -0.3 is 10.4 Å². The van der Waals surface area contributed by atoms with Gasteiger partial charge in [0.1, 0.15) is 5.02 Å². The van der Waals surface area contributed by atoms with E-state index in [4.69, 9.17) is 11.6 Å². The van der Waals surface area contributed by atoms with Crippen LogP contribution in [0.5, 0.6) is 0 Å². The number of nitrogens with zero attached hydrogens (tertiary/aromatic N) is 1. The third-order valence-corrected chi connectivity index (χ3v) is 4.31. The number of benzene rings is 1. The molecule has 110 valence electrons. The van der Waals surface area contributed by atoms with Gasteiger partial charge in [-0.25, -0.2) is 0 Å². The van der Waals surface area contributed by atoms with Crippen LogP contribution in [0.2, 0.25) is 5.02 Å².